The topological polar surface area (TPSA) is 58.6 Å². The minimum absolute atomic E-state index is 0.150. The molecule has 2 atom stereocenters. The highest BCUT2D eigenvalue weighted by Gasteiger charge is 2.36. The highest BCUT2D eigenvalue weighted by Crippen LogP contribution is 2.35. The summed E-state index contributed by atoms with van der Waals surface area (Å²) in [6, 6.07) is 10.2. The van der Waals surface area contributed by atoms with Crippen LogP contribution in [0.1, 0.15) is 37.9 Å². The van der Waals surface area contributed by atoms with E-state index in [0.717, 1.165) is 67.4 Å². The van der Waals surface area contributed by atoms with Gasteiger partial charge >= 0.3 is 0 Å². The molecule has 0 unspecified atom stereocenters. The lowest BCUT2D eigenvalue weighted by atomic mass is 10.0. The lowest BCUT2D eigenvalue weighted by molar-refractivity contribution is -0.133. The molecule has 152 valence electrons. The zero-order chi connectivity index (χ0) is 20.0. The molecule has 0 spiro atoms. The molecule has 2 aromatic rings. The van der Waals surface area contributed by atoms with E-state index in [0.29, 0.717) is 12.5 Å². The molecule has 0 N–H and O–H groups in total. The standard InChI is InChI=1S/C23H28N4O2/c1-15-12-27(13-16(2)29-15)22-19-14-26(23(28)18-8-9-18)11-10-20(19)24-21(25-22)17-6-4-3-5-7-17/h3-7,15-16,18H,8-14H2,1-2H3/t15-,16-/m1/s1. The van der Waals surface area contributed by atoms with Gasteiger partial charge in [-0.3, -0.25) is 4.79 Å². The maximum Gasteiger partial charge on any atom is 0.225 e. The number of hydrogen-bond acceptors (Lipinski definition) is 5. The van der Waals surface area contributed by atoms with Crippen LogP contribution in [0.4, 0.5) is 5.82 Å². The Kier molecular flexibility index (Phi) is 4.74. The summed E-state index contributed by atoms with van der Waals surface area (Å²) in [6.07, 6.45) is 3.17. The molecule has 6 nitrogen and oxygen atoms in total. The molecule has 3 heterocycles. The minimum atomic E-state index is 0.150. The molecule has 0 bridgehead atoms. The van der Waals surface area contributed by atoms with Gasteiger partial charge in [0.05, 0.1) is 24.4 Å². The Labute approximate surface area is 171 Å². The number of anilines is 1. The minimum Gasteiger partial charge on any atom is -0.372 e. The van der Waals surface area contributed by atoms with E-state index in [1.54, 1.807) is 0 Å². The second kappa shape index (κ2) is 7.41. The van der Waals surface area contributed by atoms with Crippen LogP contribution >= 0.6 is 0 Å². The SMILES string of the molecule is C[C@@H]1CN(c2nc(-c3ccccc3)nc3c2CN(C(=O)C2CC2)CC3)C[C@@H](C)O1. The summed E-state index contributed by atoms with van der Waals surface area (Å²) in [7, 11) is 0. The fourth-order valence-corrected chi connectivity index (χ4v) is 4.50. The molecule has 1 saturated carbocycles. The lowest BCUT2D eigenvalue weighted by Crippen LogP contribution is -2.47. The number of amides is 1. The van der Waals surface area contributed by atoms with Crippen LogP contribution in [-0.4, -0.2) is 52.6 Å². The number of ether oxygens (including phenoxy) is 1. The molecule has 3 aliphatic rings. The molecule has 1 saturated heterocycles. The van der Waals surface area contributed by atoms with E-state index < -0.39 is 0 Å². The van der Waals surface area contributed by atoms with E-state index >= 15 is 0 Å². The smallest absolute Gasteiger partial charge is 0.225 e. The van der Waals surface area contributed by atoms with Crippen molar-refractivity contribution in [3.63, 3.8) is 0 Å². The van der Waals surface area contributed by atoms with Crippen molar-refractivity contribution >= 4 is 11.7 Å². The molecule has 2 fully saturated rings. The first-order chi connectivity index (χ1) is 14.1. The predicted octanol–water partition coefficient (Wildman–Crippen LogP) is 3.05. The van der Waals surface area contributed by atoms with Gasteiger partial charge in [0.1, 0.15) is 5.82 Å². The fraction of sp³-hybridized carbons (Fsp3) is 0.522. The molecule has 1 aliphatic carbocycles. The van der Waals surface area contributed by atoms with Crippen LogP contribution in [-0.2, 0) is 22.5 Å². The summed E-state index contributed by atoms with van der Waals surface area (Å²) in [4.78, 5) is 27.0. The first-order valence-electron chi connectivity index (χ1n) is 10.7. The molecular weight excluding hydrogens is 364 g/mol. The maximum absolute atomic E-state index is 12.7. The molecule has 1 aromatic carbocycles. The monoisotopic (exact) mass is 392 g/mol. The fourth-order valence-electron chi connectivity index (χ4n) is 4.50. The Bertz CT molecular complexity index is 903. The molecule has 6 heteroatoms. The Morgan fingerprint density at radius 3 is 2.48 bits per heavy atom. The number of fused-ring (bicyclic) bond motifs is 1. The number of nitrogens with zero attached hydrogens (tertiary/aromatic N) is 4. The van der Waals surface area contributed by atoms with Crippen molar-refractivity contribution in [2.24, 2.45) is 5.92 Å². The highest BCUT2D eigenvalue weighted by atomic mass is 16.5. The second-order valence-electron chi connectivity index (χ2n) is 8.61. The zero-order valence-electron chi connectivity index (χ0n) is 17.2. The van der Waals surface area contributed by atoms with Crippen molar-refractivity contribution in [1.29, 1.82) is 0 Å². The Morgan fingerprint density at radius 2 is 1.79 bits per heavy atom. The normalized spacial score (nSPS) is 24.3. The van der Waals surface area contributed by atoms with E-state index in [4.69, 9.17) is 14.7 Å². The van der Waals surface area contributed by atoms with E-state index in [1.165, 1.54) is 0 Å². The van der Waals surface area contributed by atoms with Crippen LogP contribution in [0.15, 0.2) is 30.3 Å². The van der Waals surface area contributed by atoms with Gasteiger partial charge in [-0.05, 0) is 26.7 Å². The summed E-state index contributed by atoms with van der Waals surface area (Å²) in [6.45, 7) is 7.20. The Balaban J connectivity index is 1.55. The first-order valence-corrected chi connectivity index (χ1v) is 10.7. The number of carbonyl (C=O) groups is 1. The van der Waals surface area contributed by atoms with Gasteiger partial charge < -0.3 is 14.5 Å². The number of carbonyl (C=O) groups excluding carboxylic acids is 1. The molecule has 1 amide bonds. The Morgan fingerprint density at radius 1 is 1.07 bits per heavy atom. The van der Waals surface area contributed by atoms with Gasteiger partial charge in [-0.2, -0.15) is 0 Å². The summed E-state index contributed by atoms with van der Waals surface area (Å²) in [5.41, 5.74) is 3.23. The zero-order valence-corrected chi connectivity index (χ0v) is 17.2. The average Bonchev–Trinajstić information content (AvgIpc) is 3.57. The van der Waals surface area contributed by atoms with Crippen LogP contribution in [0.25, 0.3) is 11.4 Å². The molecule has 5 rings (SSSR count). The van der Waals surface area contributed by atoms with Crippen molar-refractivity contribution in [3.05, 3.63) is 41.6 Å². The molecule has 0 radical (unpaired) electrons. The summed E-state index contributed by atoms with van der Waals surface area (Å²) >= 11 is 0. The number of morpholine rings is 1. The second-order valence-corrected chi connectivity index (χ2v) is 8.61. The predicted molar refractivity (Wildman–Crippen MR) is 112 cm³/mol. The van der Waals surface area contributed by atoms with Gasteiger partial charge in [0.15, 0.2) is 5.82 Å². The van der Waals surface area contributed by atoms with Gasteiger partial charge in [0.25, 0.3) is 0 Å². The van der Waals surface area contributed by atoms with Gasteiger partial charge in [-0.15, -0.1) is 0 Å². The largest absolute Gasteiger partial charge is 0.372 e. The van der Waals surface area contributed by atoms with Crippen molar-refractivity contribution in [3.8, 4) is 11.4 Å². The van der Waals surface area contributed by atoms with E-state index in [1.807, 2.05) is 23.1 Å². The third-order valence-electron chi connectivity index (χ3n) is 6.03. The summed E-state index contributed by atoms with van der Waals surface area (Å²) < 4.78 is 5.95. The van der Waals surface area contributed by atoms with Crippen LogP contribution < -0.4 is 4.90 Å². The van der Waals surface area contributed by atoms with Gasteiger partial charge in [0, 0.05) is 43.1 Å². The average molecular weight is 393 g/mol. The summed E-state index contributed by atoms with van der Waals surface area (Å²) in [5.74, 6) is 2.29. The van der Waals surface area contributed by atoms with E-state index in [2.05, 4.69) is 30.9 Å². The van der Waals surface area contributed by atoms with Crippen molar-refractivity contribution in [1.82, 2.24) is 14.9 Å². The van der Waals surface area contributed by atoms with Crippen molar-refractivity contribution in [2.45, 2.75) is 51.9 Å². The van der Waals surface area contributed by atoms with E-state index in [-0.39, 0.29) is 18.1 Å². The van der Waals surface area contributed by atoms with Crippen LogP contribution in [0.2, 0.25) is 0 Å². The number of rotatable bonds is 3. The number of hydrogen-bond donors (Lipinski definition) is 0. The molecule has 2 aliphatic heterocycles. The van der Waals surface area contributed by atoms with Gasteiger partial charge in [0.2, 0.25) is 5.91 Å². The van der Waals surface area contributed by atoms with Crippen LogP contribution in [0.5, 0.6) is 0 Å². The lowest BCUT2D eigenvalue weighted by Gasteiger charge is -2.39. The first kappa shape index (κ1) is 18.6. The van der Waals surface area contributed by atoms with Crippen LogP contribution in [0, 0.1) is 5.92 Å². The van der Waals surface area contributed by atoms with Crippen LogP contribution in [0.3, 0.4) is 0 Å². The molecule has 29 heavy (non-hydrogen) atoms. The van der Waals surface area contributed by atoms with Crippen molar-refractivity contribution in [2.75, 3.05) is 24.5 Å². The maximum atomic E-state index is 12.7. The Hall–Kier alpha value is -2.47. The third kappa shape index (κ3) is 3.73. The number of aromatic nitrogens is 2. The molecule has 1 aromatic heterocycles. The molecular formula is C23H28N4O2. The van der Waals surface area contributed by atoms with Gasteiger partial charge in [-0.1, -0.05) is 30.3 Å². The quantitative estimate of drug-likeness (QED) is 0.804. The number of benzene rings is 1. The van der Waals surface area contributed by atoms with Crippen molar-refractivity contribution < 1.29 is 9.53 Å². The highest BCUT2D eigenvalue weighted by molar-refractivity contribution is 5.81. The van der Waals surface area contributed by atoms with Gasteiger partial charge in [-0.25, -0.2) is 9.97 Å². The summed E-state index contributed by atoms with van der Waals surface area (Å²) in [5, 5.41) is 0. The third-order valence-corrected chi connectivity index (χ3v) is 6.03. The van der Waals surface area contributed by atoms with E-state index in [9.17, 15) is 4.79 Å².